The van der Waals surface area contributed by atoms with Crippen molar-refractivity contribution in [3.05, 3.63) is 0 Å². The highest BCUT2D eigenvalue weighted by Gasteiger charge is 2.25. The summed E-state index contributed by atoms with van der Waals surface area (Å²) >= 11 is 0. The van der Waals surface area contributed by atoms with Gasteiger partial charge in [0.15, 0.2) is 0 Å². The van der Waals surface area contributed by atoms with Gasteiger partial charge in [0.25, 0.3) is 0 Å². The lowest BCUT2D eigenvalue weighted by molar-refractivity contribution is 0.294. The number of sulfonamides is 1. The Balaban J connectivity index is 2.61. The van der Waals surface area contributed by atoms with Gasteiger partial charge in [0.1, 0.15) is 0 Å². The maximum Gasteiger partial charge on any atom is 0.213 e. The Bertz CT molecular complexity index is 251. The average Bonchev–Trinajstić information content (AvgIpc) is 2.18. The molecule has 0 aromatic rings. The molecule has 0 radical (unpaired) electrons. The molecule has 0 aliphatic carbocycles. The summed E-state index contributed by atoms with van der Waals surface area (Å²) in [6.07, 6.45) is 0.982. The lowest BCUT2D eigenvalue weighted by Gasteiger charge is -2.32. The zero-order chi connectivity index (χ0) is 9.90. The quantitative estimate of drug-likeness (QED) is 0.708. The van der Waals surface area contributed by atoms with E-state index in [1.807, 2.05) is 0 Å². The summed E-state index contributed by atoms with van der Waals surface area (Å²) in [5, 5.41) is 3.29. The fraction of sp³-hybridized carbons (Fsp3) is 1.00. The summed E-state index contributed by atoms with van der Waals surface area (Å²) in [7, 11) is -2.97. The zero-order valence-electron chi connectivity index (χ0n) is 8.28. The van der Waals surface area contributed by atoms with Gasteiger partial charge >= 0.3 is 0 Å². The molecular formula is C8H18N2O2S. The number of piperazine rings is 1. The summed E-state index contributed by atoms with van der Waals surface area (Å²) in [5.74, 6) is 0.212. The standard InChI is InChI=1S/C8H18N2O2S/c1-3-8-7-10(6-5-9-8)13(11,12)4-2/h8-9H,3-7H2,1-2H3/t8-/m1/s1. The highest BCUT2D eigenvalue weighted by molar-refractivity contribution is 7.89. The summed E-state index contributed by atoms with van der Waals surface area (Å²) in [6.45, 7) is 5.79. The molecule has 13 heavy (non-hydrogen) atoms. The summed E-state index contributed by atoms with van der Waals surface area (Å²) in [4.78, 5) is 0. The minimum atomic E-state index is -2.97. The lowest BCUT2D eigenvalue weighted by atomic mass is 10.2. The third-order valence-electron chi connectivity index (χ3n) is 2.47. The molecule has 0 amide bonds. The molecule has 78 valence electrons. The molecule has 0 aromatic heterocycles. The van der Waals surface area contributed by atoms with Gasteiger partial charge in [0.2, 0.25) is 10.0 Å². The molecular weight excluding hydrogens is 188 g/mol. The smallest absolute Gasteiger partial charge is 0.213 e. The molecule has 0 unspecified atom stereocenters. The first-order chi connectivity index (χ1) is 6.10. The molecule has 1 N–H and O–H groups in total. The maximum atomic E-state index is 11.5. The van der Waals surface area contributed by atoms with E-state index in [4.69, 9.17) is 0 Å². The minimum Gasteiger partial charge on any atom is -0.311 e. The second-order valence-electron chi connectivity index (χ2n) is 3.32. The monoisotopic (exact) mass is 206 g/mol. The van der Waals surface area contributed by atoms with Crippen LogP contribution in [-0.4, -0.2) is 44.2 Å². The Hall–Kier alpha value is -0.130. The van der Waals surface area contributed by atoms with Crippen LogP contribution in [0, 0.1) is 0 Å². The fourth-order valence-corrected chi connectivity index (χ4v) is 2.65. The van der Waals surface area contributed by atoms with Gasteiger partial charge in [-0.25, -0.2) is 8.42 Å². The van der Waals surface area contributed by atoms with Crippen LogP contribution in [0.5, 0.6) is 0 Å². The van der Waals surface area contributed by atoms with Crippen molar-refractivity contribution >= 4 is 10.0 Å². The predicted octanol–water partition coefficient (Wildman–Crippen LogP) is 0.0199. The van der Waals surface area contributed by atoms with E-state index < -0.39 is 10.0 Å². The highest BCUT2D eigenvalue weighted by Crippen LogP contribution is 2.07. The van der Waals surface area contributed by atoms with Gasteiger partial charge in [0, 0.05) is 25.7 Å². The van der Waals surface area contributed by atoms with Crippen LogP contribution in [-0.2, 0) is 10.0 Å². The first-order valence-corrected chi connectivity index (χ1v) is 6.42. The molecule has 1 rings (SSSR count). The Morgan fingerprint density at radius 3 is 2.69 bits per heavy atom. The van der Waals surface area contributed by atoms with Crippen molar-refractivity contribution in [2.24, 2.45) is 0 Å². The topological polar surface area (TPSA) is 49.4 Å². The number of nitrogens with one attached hydrogen (secondary N) is 1. The van der Waals surface area contributed by atoms with E-state index in [1.54, 1.807) is 11.2 Å². The first-order valence-electron chi connectivity index (χ1n) is 4.81. The summed E-state index contributed by atoms with van der Waals surface area (Å²) < 4.78 is 24.6. The molecule has 0 spiro atoms. The van der Waals surface area contributed by atoms with Gasteiger partial charge in [0.05, 0.1) is 5.75 Å². The van der Waals surface area contributed by atoms with E-state index in [9.17, 15) is 8.42 Å². The molecule has 0 aromatic carbocycles. The molecule has 1 atom stereocenters. The molecule has 1 saturated heterocycles. The molecule has 4 nitrogen and oxygen atoms in total. The predicted molar refractivity (Wildman–Crippen MR) is 53.1 cm³/mol. The first kappa shape index (κ1) is 10.9. The van der Waals surface area contributed by atoms with E-state index in [2.05, 4.69) is 12.2 Å². The van der Waals surface area contributed by atoms with E-state index in [0.29, 0.717) is 19.1 Å². The van der Waals surface area contributed by atoms with Crippen molar-refractivity contribution in [3.63, 3.8) is 0 Å². The normalized spacial score (nSPS) is 26.2. The number of nitrogens with zero attached hydrogens (tertiary/aromatic N) is 1. The van der Waals surface area contributed by atoms with Crippen molar-refractivity contribution in [3.8, 4) is 0 Å². The number of hydrogen-bond donors (Lipinski definition) is 1. The van der Waals surface area contributed by atoms with Crippen molar-refractivity contribution in [1.82, 2.24) is 9.62 Å². The van der Waals surface area contributed by atoms with Crippen LogP contribution in [0.3, 0.4) is 0 Å². The Morgan fingerprint density at radius 1 is 1.46 bits per heavy atom. The van der Waals surface area contributed by atoms with Gasteiger partial charge in [-0.15, -0.1) is 0 Å². The average molecular weight is 206 g/mol. The van der Waals surface area contributed by atoms with Crippen LogP contribution in [0.4, 0.5) is 0 Å². The van der Waals surface area contributed by atoms with E-state index in [0.717, 1.165) is 13.0 Å². The summed E-state index contributed by atoms with van der Waals surface area (Å²) in [5.41, 5.74) is 0. The molecule has 0 bridgehead atoms. The van der Waals surface area contributed by atoms with Gasteiger partial charge in [-0.1, -0.05) is 6.92 Å². The van der Waals surface area contributed by atoms with Crippen molar-refractivity contribution in [1.29, 1.82) is 0 Å². The minimum absolute atomic E-state index is 0.212. The Kier molecular flexibility index (Phi) is 3.70. The van der Waals surface area contributed by atoms with Gasteiger partial charge in [-0.05, 0) is 13.3 Å². The van der Waals surface area contributed by atoms with E-state index in [-0.39, 0.29) is 5.75 Å². The zero-order valence-corrected chi connectivity index (χ0v) is 9.10. The molecule has 1 heterocycles. The Morgan fingerprint density at radius 2 is 2.15 bits per heavy atom. The van der Waals surface area contributed by atoms with Crippen molar-refractivity contribution in [2.75, 3.05) is 25.4 Å². The summed E-state index contributed by atoms with van der Waals surface area (Å²) in [6, 6.07) is 0.329. The molecule has 5 heteroatoms. The maximum absolute atomic E-state index is 11.5. The Labute approximate surface area is 80.4 Å². The second kappa shape index (κ2) is 4.39. The third-order valence-corrected chi connectivity index (χ3v) is 4.32. The molecule has 1 aliphatic rings. The van der Waals surface area contributed by atoms with Crippen LogP contribution >= 0.6 is 0 Å². The largest absolute Gasteiger partial charge is 0.311 e. The SMILES string of the molecule is CC[C@@H]1CN(S(=O)(=O)CC)CCN1. The van der Waals surface area contributed by atoms with Crippen LogP contribution in [0.25, 0.3) is 0 Å². The van der Waals surface area contributed by atoms with Crippen LogP contribution < -0.4 is 5.32 Å². The van der Waals surface area contributed by atoms with Gasteiger partial charge < -0.3 is 5.32 Å². The highest BCUT2D eigenvalue weighted by atomic mass is 32.2. The second-order valence-corrected chi connectivity index (χ2v) is 5.58. The molecule has 0 saturated carbocycles. The fourth-order valence-electron chi connectivity index (χ4n) is 1.50. The third kappa shape index (κ3) is 2.65. The number of rotatable bonds is 3. The van der Waals surface area contributed by atoms with E-state index >= 15 is 0 Å². The van der Waals surface area contributed by atoms with Gasteiger partial charge in [-0.3, -0.25) is 0 Å². The van der Waals surface area contributed by atoms with Crippen molar-refractivity contribution < 1.29 is 8.42 Å². The number of hydrogen-bond acceptors (Lipinski definition) is 3. The van der Waals surface area contributed by atoms with Crippen LogP contribution in [0.1, 0.15) is 20.3 Å². The molecule has 1 fully saturated rings. The van der Waals surface area contributed by atoms with Crippen molar-refractivity contribution in [2.45, 2.75) is 26.3 Å². The lowest BCUT2D eigenvalue weighted by Crippen LogP contribution is -2.52. The van der Waals surface area contributed by atoms with E-state index in [1.165, 1.54) is 0 Å². The van der Waals surface area contributed by atoms with Crippen LogP contribution in [0.15, 0.2) is 0 Å². The van der Waals surface area contributed by atoms with Crippen LogP contribution in [0.2, 0.25) is 0 Å². The van der Waals surface area contributed by atoms with Gasteiger partial charge in [-0.2, -0.15) is 4.31 Å². The molecule has 1 aliphatic heterocycles.